The minimum atomic E-state index is -0.665. The number of likely N-dealkylation sites (N-methyl/N-ethyl adjacent to an activating group) is 1. The highest BCUT2D eigenvalue weighted by atomic mass is 32.1. The number of quaternary nitrogens is 1. The summed E-state index contributed by atoms with van der Waals surface area (Å²) < 4.78 is 10.7. The van der Waals surface area contributed by atoms with Crippen LogP contribution < -0.4 is 14.4 Å². The highest BCUT2D eigenvalue weighted by Crippen LogP contribution is 2.42. The number of nitrogens with one attached hydrogen (secondary N) is 1. The molecule has 1 atom stereocenters. The van der Waals surface area contributed by atoms with Crippen molar-refractivity contribution in [3.63, 3.8) is 0 Å². The Kier molecular flexibility index (Phi) is 4.82. The first-order chi connectivity index (χ1) is 13.5. The van der Waals surface area contributed by atoms with Gasteiger partial charge in [0.15, 0.2) is 11.5 Å². The number of aliphatic hydroxyl groups is 1. The zero-order valence-electron chi connectivity index (χ0n) is 15.6. The molecule has 0 spiro atoms. The minimum absolute atomic E-state index is 0.111. The van der Waals surface area contributed by atoms with Crippen molar-refractivity contribution in [2.75, 3.05) is 34.0 Å². The van der Waals surface area contributed by atoms with E-state index in [0.717, 1.165) is 4.88 Å². The standard InChI is InChI=1S/C20H20N2O5S/c1-21(2)7-8-22-17(15-4-3-9-28-15)16(19(24)20(22)25)18(23)12-5-6-13-14(10-12)27-11-26-13/h3-6,9-10,17,23H,7-8,11H2,1-2H3/p+1/t17-/m1/s1. The van der Waals surface area contributed by atoms with Crippen molar-refractivity contribution in [2.24, 2.45) is 0 Å². The van der Waals surface area contributed by atoms with Crippen LogP contribution in [0.4, 0.5) is 0 Å². The number of carbonyl (C=O) groups is 2. The molecule has 0 saturated carbocycles. The molecule has 0 unspecified atom stereocenters. The normalized spacial score (nSPS) is 20.4. The Hall–Kier alpha value is -2.84. The monoisotopic (exact) mass is 401 g/mol. The number of ketones is 1. The lowest BCUT2D eigenvalue weighted by molar-refractivity contribution is -0.857. The molecule has 4 rings (SSSR count). The van der Waals surface area contributed by atoms with Gasteiger partial charge >= 0.3 is 0 Å². The van der Waals surface area contributed by atoms with Crippen LogP contribution >= 0.6 is 11.3 Å². The maximum absolute atomic E-state index is 12.8. The number of nitrogens with zero attached hydrogens (tertiary/aromatic N) is 1. The highest BCUT2D eigenvalue weighted by Gasteiger charge is 2.46. The van der Waals surface area contributed by atoms with Crippen LogP contribution in [0.1, 0.15) is 16.5 Å². The molecule has 0 radical (unpaired) electrons. The number of rotatable bonds is 5. The van der Waals surface area contributed by atoms with E-state index in [1.165, 1.54) is 16.2 Å². The lowest BCUT2D eigenvalue weighted by Crippen LogP contribution is -3.06. The first-order valence-corrected chi connectivity index (χ1v) is 9.86. The third-order valence-corrected chi connectivity index (χ3v) is 5.78. The summed E-state index contributed by atoms with van der Waals surface area (Å²) in [4.78, 5) is 29.2. The molecule has 0 bridgehead atoms. The number of benzene rings is 1. The van der Waals surface area contributed by atoms with Crippen molar-refractivity contribution in [1.82, 2.24) is 4.90 Å². The number of thiophene rings is 1. The van der Waals surface area contributed by atoms with Crippen LogP contribution in [-0.4, -0.2) is 55.7 Å². The second-order valence-corrected chi connectivity index (χ2v) is 8.01. The van der Waals surface area contributed by atoms with Gasteiger partial charge in [-0.15, -0.1) is 11.3 Å². The van der Waals surface area contributed by atoms with Crippen molar-refractivity contribution in [3.05, 3.63) is 51.7 Å². The van der Waals surface area contributed by atoms with E-state index in [9.17, 15) is 14.7 Å². The number of hydrogen-bond donors (Lipinski definition) is 2. The van der Waals surface area contributed by atoms with Crippen molar-refractivity contribution in [3.8, 4) is 11.5 Å². The van der Waals surface area contributed by atoms with Crippen molar-refractivity contribution >= 4 is 28.8 Å². The number of fused-ring (bicyclic) bond motifs is 1. The van der Waals surface area contributed by atoms with Gasteiger partial charge < -0.3 is 24.4 Å². The van der Waals surface area contributed by atoms with Gasteiger partial charge in [0, 0.05) is 10.4 Å². The predicted molar refractivity (Wildman–Crippen MR) is 104 cm³/mol. The van der Waals surface area contributed by atoms with Gasteiger partial charge in [-0.3, -0.25) is 9.59 Å². The molecular weight excluding hydrogens is 380 g/mol. The van der Waals surface area contributed by atoms with Gasteiger partial charge in [-0.25, -0.2) is 0 Å². The molecule has 1 amide bonds. The molecule has 8 heteroatoms. The van der Waals surface area contributed by atoms with Crippen LogP contribution in [0.3, 0.4) is 0 Å². The zero-order chi connectivity index (χ0) is 19.8. The first kappa shape index (κ1) is 18.5. The summed E-state index contributed by atoms with van der Waals surface area (Å²) in [6.07, 6.45) is 0. The van der Waals surface area contributed by atoms with Gasteiger partial charge in [0.1, 0.15) is 5.76 Å². The van der Waals surface area contributed by atoms with E-state index in [1.54, 1.807) is 23.1 Å². The molecule has 28 heavy (non-hydrogen) atoms. The third kappa shape index (κ3) is 3.14. The Morgan fingerprint density at radius 1 is 1.25 bits per heavy atom. The second kappa shape index (κ2) is 7.29. The first-order valence-electron chi connectivity index (χ1n) is 8.98. The average molecular weight is 401 g/mol. The van der Waals surface area contributed by atoms with Crippen LogP contribution in [0, 0.1) is 0 Å². The Morgan fingerprint density at radius 2 is 2.04 bits per heavy atom. The molecule has 7 nitrogen and oxygen atoms in total. The zero-order valence-corrected chi connectivity index (χ0v) is 16.4. The topological polar surface area (TPSA) is 80.5 Å². The van der Waals surface area contributed by atoms with Crippen LogP contribution in [0.5, 0.6) is 11.5 Å². The number of carbonyl (C=O) groups excluding carboxylic acids is 2. The quantitative estimate of drug-likeness (QED) is 0.445. The SMILES string of the molecule is C[NH+](C)CCN1C(=O)C(=O)C(=C(O)c2ccc3c(c2)OCO3)[C@H]1c1cccs1. The Bertz CT molecular complexity index is 952. The molecule has 146 valence electrons. The molecule has 0 aliphatic carbocycles. The van der Waals surface area contributed by atoms with Gasteiger partial charge in [-0.1, -0.05) is 6.07 Å². The largest absolute Gasteiger partial charge is 0.507 e. The smallest absolute Gasteiger partial charge is 0.295 e. The van der Waals surface area contributed by atoms with E-state index < -0.39 is 17.7 Å². The number of aliphatic hydroxyl groups excluding tert-OH is 1. The Labute approximate surface area is 166 Å². The number of hydrogen-bond acceptors (Lipinski definition) is 6. The summed E-state index contributed by atoms with van der Waals surface area (Å²) in [6, 6.07) is 8.13. The Balaban J connectivity index is 1.79. The van der Waals surface area contributed by atoms with E-state index in [-0.39, 0.29) is 18.1 Å². The van der Waals surface area contributed by atoms with Gasteiger partial charge in [-0.05, 0) is 29.6 Å². The number of amides is 1. The van der Waals surface area contributed by atoms with Gasteiger partial charge in [0.25, 0.3) is 11.7 Å². The molecule has 1 saturated heterocycles. The van der Waals surface area contributed by atoms with Crippen LogP contribution in [0.25, 0.3) is 5.76 Å². The van der Waals surface area contributed by atoms with Gasteiger partial charge in [-0.2, -0.15) is 0 Å². The molecule has 1 fully saturated rings. The summed E-state index contributed by atoms with van der Waals surface area (Å²) in [7, 11) is 3.98. The van der Waals surface area contributed by atoms with E-state index in [0.29, 0.717) is 30.2 Å². The summed E-state index contributed by atoms with van der Waals surface area (Å²) in [6.45, 7) is 1.23. The Morgan fingerprint density at radius 3 is 2.75 bits per heavy atom. The molecule has 1 aromatic heterocycles. The molecular formula is C20H21N2O5S+. The molecule has 2 aromatic rings. The molecule has 2 N–H and O–H groups in total. The van der Waals surface area contributed by atoms with Crippen LogP contribution in [0.15, 0.2) is 41.3 Å². The molecule has 1 aromatic carbocycles. The van der Waals surface area contributed by atoms with Crippen LogP contribution in [-0.2, 0) is 9.59 Å². The van der Waals surface area contributed by atoms with E-state index in [4.69, 9.17) is 9.47 Å². The van der Waals surface area contributed by atoms with E-state index >= 15 is 0 Å². The lowest BCUT2D eigenvalue weighted by Gasteiger charge is -2.24. The fraction of sp³-hybridized carbons (Fsp3) is 0.300. The fourth-order valence-electron chi connectivity index (χ4n) is 3.40. The molecule has 2 aliphatic heterocycles. The van der Waals surface area contributed by atoms with Crippen molar-refractivity contribution < 1.29 is 29.1 Å². The third-order valence-electron chi connectivity index (χ3n) is 4.85. The number of ether oxygens (including phenoxy) is 2. The fourth-order valence-corrected chi connectivity index (χ4v) is 4.24. The number of likely N-dealkylation sites (tertiary alicyclic amines) is 1. The lowest BCUT2D eigenvalue weighted by atomic mass is 9.99. The van der Waals surface area contributed by atoms with Crippen LogP contribution in [0.2, 0.25) is 0 Å². The molecule has 3 heterocycles. The maximum atomic E-state index is 12.8. The minimum Gasteiger partial charge on any atom is -0.507 e. The van der Waals surface area contributed by atoms with Crippen molar-refractivity contribution in [2.45, 2.75) is 6.04 Å². The summed E-state index contributed by atoms with van der Waals surface area (Å²) >= 11 is 1.46. The van der Waals surface area contributed by atoms with E-state index in [2.05, 4.69) is 0 Å². The summed E-state index contributed by atoms with van der Waals surface area (Å²) in [5.41, 5.74) is 0.530. The predicted octanol–water partition coefficient (Wildman–Crippen LogP) is 1.04. The summed E-state index contributed by atoms with van der Waals surface area (Å²) in [5.74, 6) is -0.359. The van der Waals surface area contributed by atoms with Crippen molar-refractivity contribution in [1.29, 1.82) is 0 Å². The second-order valence-electron chi connectivity index (χ2n) is 7.03. The molecule has 2 aliphatic rings. The number of Topliss-reactive ketones (excluding diaryl/α,β-unsaturated/α-hetero) is 1. The maximum Gasteiger partial charge on any atom is 0.295 e. The average Bonchev–Trinajstić information content (AvgIpc) is 3.40. The highest BCUT2D eigenvalue weighted by molar-refractivity contribution is 7.10. The summed E-state index contributed by atoms with van der Waals surface area (Å²) in [5, 5.41) is 12.9. The van der Waals surface area contributed by atoms with Gasteiger partial charge in [0.05, 0.1) is 38.8 Å². The van der Waals surface area contributed by atoms with E-state index in [1.807, 2.05) is 31.6 Å². The van der Waals surface area contributed by atoms with Gasteiger partial charge in [0.2, 0.25) is 6.79 Å².